The van der Waals surface area contributed by atoms with Crippen LogP contribution in [0, 0.1) is 18.8 Å². The summed E-state index contributed by atoms with van der Waals surface area (Å²) < 4.78 is 67.3. The number of carboxylic acid groups (broad SMARTS) is 1. The van der Waals surface area contributed by atoms with Gasteiger partial charge < -0.3 is 59.0 Å². The van der Waals surface area contributed by atoms with Crippen molar-refractivity contribution in [3.8, 4) is 34.7 Å². The highest BCUT2D eigenvalue weighted by Gasteiger charge is 2.30. The van der Waals surface area contributed by atoms with Gasteiger partial charge in [0.2, 0.25) is 5.91 Å². The minimum atomic E-state index is -4.40. The van der Waals surface area contributed by atoms with Gasteiger partial charge in [0, 0.05) is 71.6 Å². The lowest BCUT2D eigenvalue weighted by Gasteiger charge is -2.32. The molecule has 1 aliphatic rings. The van der Waals surface area contributed by atoms with Gasteiger partial charge >= 0.3 is 12.1 Å². The van der Waals surface area contributed by atoms with Crippen LogP contribution in [0.4, 0.5) is 24.5 Å². The molecule has 0 saturated carbocycles. The summed E-state index contributed by atoms with van der Waals surface area (Å²) in [6.07, 6.45) is -0.755. The van der Waals surface area contributed by atoms with Gasteiger partial charge in [0.15, 0.2) is 0 Å². The summed E-state index contributed by atoms with van der Waals surface area (Å²) in [5, 5.41) is 21.3. The molecule has 5 N–H and O–H groups in total. The van der Waals surface area contributed by atoms with Crippen molar-refractivity contribution < 1.29 is 46.8 Å². The molecule has 4 heterocycles. The van der Waals surface area contributed by atoms with Crippen LogP contribution in [0.3, 0.4) is 0 Å². The first-order valence-corrected chi connectivity index (χ1v) is 25.5. The number of aryl methyl sites for hydroxylation is 1. The topological polar surface area (TPSA) is 169 Å². The molecular formula is C57H58ClF3N8O7. The summed E-state index contributed by atoms with van der Waals surface area (Å²) in [6.45, 7) is 6.51. The van der Waals surface area contributed by atoms with E-state index in [9.17, 15) is 27.9 Å². The maximum atomic E-state index is 13.7. The molecule has 0 aliphatic carbocycles. The Morgan fingerprint density at radius 2 is 1.64 bits per heavy atom. The number of anilines is 2. The van der Waals surface area contributed by atoms with Crippen LogP contribution in [-0.2, 0) is 32.1 Å². The predicted molar refractivity (Wildman–Crippen MR) is 289 cm³/mol. The van der Waals surface area contributed by atoms with Crippen LogP contribution in [0.25, 0.3) is 44.0 Å². The average molecular weight is 1060 g/mol. The summed E-state index contributed by atoms with van der Waals surface area (Å²) >= 11 is 6.75. The second kappa shape index (κ2) is 24.9. The number of aromatic nitrogens is 4. The van der Waals surface area contributed by atoms with E-state index < -0.39 is 18.7 Å². The number of nitrogens with one attached hydrogen (secondary N) is 4. The fourth-order valence-electron chi connectivity index (χ4n) is 9.22. The third-order valence-electron chi connectivity index (χ3n) is 13.1. The number of nitrogens with zero attached hydrogens (tertiary/aromatic N) is 4. The standard InChI is InChI=1S/C57H58ClF3N8O7/c1-38-12-14-44(33-45(38)55(71)72)76-56-65-50-34-46(48(58)35-51(50)66-56)39-13-15-52-40(31-39)16-23-68(52)36-54(70)63-20-25-73-27-29-75-30-28-74-26-24-67-21-17-42(18-22-67)64-49-10-5-11-53-47(49)32-43(69(53)37-57(59,60)61)9-6-19-62-41-7-3-2-4-8-41/h2-5,7-8,10-16,23,31-35,42,62,64H,17-22,24-30,36-37H2,1H3,(H,63,70)(H,65,66)(H,71,72). The number of halogens is 4. The number of benzene rings is 5. The number of alkyl halides is 3. The van der Waals surface area contributed by atoms with Gasteiger partial charge in [-0.15, -0.1) is 0 Å². The zero-order valence-electron chi connectivity index (χ0n) is 41.9. The molecule has 396 valence electrons. The van der Waals surface area contributed by atoms with Crippen molar-refractivity contribution >= 4 is 67.7 Å². The molecule has 1 fully saturated rings. The number of rotatable bonds is 23. The molecule has 0 radical (unpaired) electrons. The summed E-state index contributed by atoms with van der Waals surface area (Å²) in [5.41, 5.74) is 7.08. The van der Waals surface area contributed by atoms with Gasteiger partial charge in [-0.25, -0.2) is 4.79 Å². The third kappa shape index (κ3) is 14.0. The van der Waals surface area contributed by atoms with Crippen molar-refractivity contribution in [3.05, 3.63) is 137 Å². The summed E-state index contributed by atoms with van der Waals surface area (Å²) in [4.78, 5) is 34.4. The number of aromatic amines is 1. The molecule has 1 aliphatic heterocycles. The molecular weight excluding hydrogens is 1000 g/mol. The van der Waals surface area contributed by atoms with Crippen LogP contribution in [0.5, 0.6) is 11.8 Å². The van der Waals surface area contributed by atoms with E-state index in [2.05, 4.69) is 42.7 Å². The van der Waals surface area contributed by atoms with E-state index in [0.29, 0.717) is 91.3 Å². The van der Waals surface area contributed by atoms with E-state index in [-0.39, 0.29) is 30.1 Å². The number of H-pyrrole nitrogens is 1. The molecule has 9 rings (SSSR count). The largest absolute Gasteiger partial charge is 0.478 e. The number of carboxylic acids is 1. The van der Waals surface area contributed by atoms with Crippen LogP contribution < -0.4 is 20.7 Å². The van der Waals surface area contributed by atoms with Crippen LogP contribution in [0.1, 0.15) is 34.5 Å². The number of hydrogen-bond acceptors (Lipinski definition) is 10. The first-order chi connectivity index (χ1) is 36.8. The molecule has 3 aromatic heterocycles. The maximum absolute atomic E-state index is 13.7. The number of fused-ring (bicyclic) bond motifs is 3. The highest BCUT2D eigenvalue weighted by molar-refractivity contribution is 6.34. The zero-order valence-corrected chi connectivity index (χ0v) is 42.6. The van der Waals surface area contributed by atoms with E-state index in [0.717, 1.165) is 71.3 Å². The van der Waals surface area contributed by atoms with Crippen molar-refractivity contribution in [1.82, 2.24) is 29.3 Å². The summed E-state index contributed by atoms with van der Waals surface area (Å²) in [6, 6.07) is 33.4. The van der Waals surface area contributed by atoms with Gasteiger partial charge in [0.25, 0.3) is 6.01 Å². The van der Waals surface area contributed by atoms with E-state index >= 15 is 0 Å². The number of para-hydroxylation sites is 1. The Balaban J connectivity index is 0.630. The summed E-state index contributed by atoms with van der Waals surface area (Å²) in [5.74, 6) is 5.12. The Hall–Kier alpha value is -7.53. The Labute approximate surface area is 442 Å². The molecule has 1 amide bonds. The van der Waals surface area contributed by atoms with E-state index in [1.807, 2.05) is 77.5 Å². The third-order valence-corrected chi connectivity index (χ3v) is 13.4. The van der Waals surface area contributed by atoms with Crippen molar-refractivity contribution in [2.45, 2.75) is 45.1 Å². The molecule has 76 heavy (non-hydrogen) atoms. The Morgan fingerprint density at radius 1 is 0.868 bits per heavy atom. The number of hydrogen-bond donors (Lipinski definition) is 5. The van der Waals surface area contributed by atoms with E-state index in [4.69, 9.17) is 30.5 Å². The fourth-order valence-corrected chi connectivity index (χ4v) is 9.49. The van der Waals surface area contributed by atoms with Crippen LogP contribution >= 0.6 is 11.6 Å². The molecule has 0 bridgehead atoms. The first-order valence-electron chi connectivity index (χ1n) is 25.1. The lowest BCUT2D eigenvalue weighted by molar-refractivity contribution is -0.140. The predicted octanol–water partition coefficient (Wildman–Crippen LogP) is 10.4. The molecule has 15 nitrogen and oxygen atoms in total. The molecule has 1 saturated heterocycles. The number of likely N-dealkylation sites (tertiary alicyclic amines) is 1. The SMILES string of the molecule is Cc1ccc(Oc2nc3cc(-c4ccc5c(ccn5CC(=O)NCCOCCOCCOCCN5CCC(Nc6cccc7c6cc(C#CCNc6ccccc6)n7CC(F)(F)F)CC5)c4)c(Cl)cc3[nH]2)cc1C(=O)O. The number of carbonyl (C=O) groups excluding carboxylic acids is 1. The normalized spacial score (nSPS) is 13.3. The fraction of sp³-hybridized carbons (Fsp3) is 0.316. The molecule has 8 aromatic rings. The quantitative estimate of drug-likeness (QED) is 0.0305. The van der Waals surface area contributed by atoms with Crippen molar-refractivity contribution in [1.29, 1.82) is 0 Å². The van der Waals surface area contributed by atoms with Gasteiger partial charge in [-0.2, -0.15) is 18.2 Å². The number of amides is 1. The van der Waals surface area contributed by atoms with Crippen molar-refractivity contribution in [2.24, 2.45) is 0 Å². The Morgan fingerprint density at radius 3 is 2.42 bits per heavy atom. The average Bonchev–Trinajstić information content (AvgIpc) is 4.10. The maximum Gasteiger partial charge on any atom is 0.406 e. The Bertz CT molecular complexity index is 3360. The second-order valence-electron chi connectivity index (χ2n) is 18.4. The number of aromatic carboxylic acids is 1. The first kappa shape index (κ1) is 53.3. The smallest absolute Gasteiger partial charge is 0.406 e. The number of ether oxygens (including phenoxy) is 4. The van der Waals surface area contributed by atoms with Gasteiger partial charge in [-0.3, -0.25) is 4.79 Å². The molecule has 0 spiro atoms. The van der Waals surface area contributed by atoms with Crippen molar-refractivity contribution in [3.63, 3.8) is 0 Å². The highest BCUT2D eigenvalue weighted by Crippen LogP contribution is 2.36. The molecule has 5 aromatic carbocycles. The number of piperidine rings is 1. The number of imidazole rings is 1. The van der Waals surface area contributed by atoms with Gasteiger partial charge in [0.05, 0.1) is 79.0 Å². The number of carbonyl (C=O) groups is 2. The van der Waals surface area contributed by atoms with E-state index in [1.54, 1.807) is 43.3 Å². The zero-order chi connectivity index (χ0) is 53.0. The lowest BCUT2D eigenvalue weighted by Crippen LogP contribution is -2.40. The van der Waals surface area contributed by atoms with Gasteiger partial charge in [-0.1, -0.05) is 53.9 Å². The van der Waals surface area contributed by atoms with Crippen LogP contribution in [0.2, 0.25) is 5.02 Å². The Kier molecular flexibility index (Phi) is 17.4. The van der Waals surface area contributed by atoms with Gasteiger partial charge in [-0.05, 0) is 110 Å². The highest BCUT2D eigenvalue weighted by atomic mass is 35.5. The lowest BCUT2D eigenvalue weighted by atomic mass is 10.0. The molecule has 19 heteroatoms. The summed E-state index contributed by atoms with van der Waals surface area (Å²) in [7, 11) is 0. The molecule has 0 unspecified atom stereocenters. The van der Waals surface area contributed by atoms with Crippen LogP contribution in [0.15, 0.2) is 115 Å². The van der Waals surface area contributed by atoms with E-state index in [1.165, 1.54) is 10.6 Å². The van der Waals surface area contributed by atoms with Crippen LogP contribution in [-0.4, -0.2) is 126 Å². The monoisotopic (exact) mass is 1060 g/mol. The van der Waals surface area contributed by atoms with Crippen molar-refractivity contribution in [2.75, 3.05) is 83.0 Å². The minimum absolute atomic E-state index is 0.137. The minimum Gasteiger partial charge on any atom is -0.478 e. The van der Waals surface area contributed by atoms with Gasteiger partial charge in [0.1, 0.15) is 18.8 Å². The second-order valence-corrected chi connectivity index (χ2v) is 18.8. The molecule has 0 atom stereocenters.